The SMILES string of the molecule is c1ccc(-c2ccc3c(c2)B2c4cc(-c5ccccc5)ccc4N(c4c(-c5ccccc5)cccc4-c4ccccc4)c4cc(C5(c6ccccc6)c6ccccc6-c6ccccc65)cc(c42)O3)cc1. The second-order valence-electron chi connectivity index (χ2n) is 18.7. The van der Waals surface area contributed by atoms with Crippen LogP contribution in [0.3, 0.4) is 0 Å². The molecule has 3 heteroatoms. The minimum Gasteiger partial charge on any atom is -0.458 e. The summed E-state index contributed by atoms with van der Waals surface area (Å²) in [7, 11) is 0. The maximum absolute atomic E-state index is 7.49. The average Bonchev–Trinajstić information content (AvgIpc) is 3.75. The molecule has 0 atom stereocenters. The summed E-state index contributed by atoms with van der Waals surface area (Å²) in [6, 6.07) is 98.1. The first-order valence-electron chi connectivity index (χ1n) is 24.3. The lowest BCUT2D eigenvalue weighted by atomic mass is 9.33. The van der Waals surface area contributed by atoms with E-state index in [-0.39, 0.29) is 6.71 Å². The van der Waals surface area contributed by atoms with Crippen molar-refractivity contribution < 1.29 is 4.74 Å². The molecule has 0 saturated heterocycles. The van der Waals surface area contributed by atoms with Crippen molar-refractivity contribution in [1.29, 1.82) is 0 Å². The zero-order chi connectivity index (χ0) is 46.2. The molecule has 3 aliphatic rings. The molecular weight excluding hydrogens is 846 g/mol. The van der Waals surface area contributed by atoms with Crippen molar-refractivity contribution in [3.8, 4) is 67.1 Å². The van der Waals surface area contributed by atoms with Gasteiger partial charge in [-0.25, -0.2) is 0 Å². The molecule has 0 unspecified atom stereocenters. The number of para-hydroxylation sites is 1. The molecule has 11 aromatic carbocycles. The molecule has 0 fully saturated rings. The predicted octanol–water partition coefficient (Wildman–Crippen LogP) is 15.1. The number of rotatable bonds is 7. The van der Waals surface area contributed by atoms with Crippen LogP contribution in [-0.4, -0.2) is 6.71 Å². The van der Waals surface area contributed by atoms with Gasteiger partial charge >= 0.3 is 0 Å². The zero-order valence-corrected chi connectivity index (χ0v) is 38.3. The normalized spacial score (nSPS) is 13.3. The summed E-state index contributed by atoms with van der Waals surface area (Å²) in [6.07, 6.45) is 0. The Kier molecular flexibility index (Phi) is 9.25. The van der Waals surface area contributed by atoms with Crippen LogP contribution < -0.4 is 26.0 Å². The third-order valence-corrected chi connectivity index (χ3v) is 15.0. The predicted molar refractivity (Wildman–Crippen MR) is 291 cm³/mol. The highest BCUT2D eigenvalue weighted by Crippen LogP contribution is 2.58. The number of fused-ring (bicyclic) bond motifs is 7. The average molecular weight is 890 g/mol. The molecule has 70 heavy (non-hydrogen) atoms. The first-order valence-corrected chi connectivity index (χ1v) is 24.3. The first-order chi connectivity index (χ1) is 34.7. The van der Waals surface area contributed by atoms with E-state index >= 15 is 0 Å². The molecule has 0 saturated carbocycles. The highest BCUT2D eigenvalue weighted by Gasteiger charge is 2.49. The minimum absolute atomic E-state index is 0.152. The summed E-state index contributed by atoms with van der Waals surface area (Å²) < 4.78 is 7.49. The molecule has 0 spiro atoms. The van der Waals surface area contributed by atoms with Crippen LogP contribution in [0.15, 0.2) is 267 Å². The molecule has 11 aromatic rings. The molecule has 0 N–H and O–H groups in total. The number of hydrogen-bond donors (Lipinski definition) is 0. The van der Waals surface area contributed by atoms with Crippen molar-refractivity contribution in [3.63, 3.8) is 0 Å². The van der Waals surface area contributed by atoms with E-state index in [9.17, 15) is 0 Å². The fourth-order valence-electron chi connectivity index (χ4n) is 12.0. The molecule has 2 nitrogen and oxygen atoms in total. The van der Waals surface area contributed by atoms with E-state index in [1.54, 1.807) is 0 Å². The van der Waals surface area contributed by atoms with Crippen LogP contribution in [0.4, 0.5) is 17.1 Å². The number of benzene rings is 11. The van der Waals surface area contributed by atoms with Crippen LogP contribution >= 0.6 is 0 Å². The Morgan fingerprint density at radius 3 is 1.36 bits per heavy atom. The van der Waals surface area contributed by atoms with Crippen molar-refractivity contribution in [1.82, 2.24) is 0 Å². The third-order valence-electron chi connectivity index (χ3n) is 15.0. The van der Waals surface area contributed by atoms with Crippen LogP contribution in [0, 0.1) is 0 Å². The number of nitrogens with zero attached hydrogens (tertiary/aromatic N) is 1. The molecule has 1 aliphatic carbocycles. The fourth-order valence-corrected chi connectivity index (χ4v) is 12.0. The van der Waals surface area contributed by atoms with Gasteiger partial charge in [-0.2, -0.15) is 0 Å². The van der Waals surface area contributed by atoms with E-state index in [2.05, 4.69) is 272 Å². The Balaban J connectivity index is 1.14. The van der Waals surface area contributed by atoms with Gasteiger partial charge in [-0.05, 0) is 107 Å². The highest BCUT2D eigenvalue weighted by atomic mass is 16.5. The Hall–Kier alpha value is -8.92. The third kappa shape index (κ3) is 6.08. The van der Waals surface area contributed by atoms with Gasteiger partial charge in [0.15, 0.2) is 0 Å². The van der Waals surface area contributed by atoms with E-state index in [1.165, 1.54) is 50.0 Å². The lowest BCUT2D eigenvalue weighted by Crippen LogP contribution is -2.59. The molecule has 0 radical (unpaired) electrons. The Morgan fingerprint density at radius 1 is 0.314 bits per heavy atom. The largest absolute Gasteiger partial charge is 0.458 e. The Bertz CT molecular complexity index is 3690. The van der Waals surface area contributed by atoms with Crippen LogP contribution in [0.25, 0.3) is 55.6 Å². The van der Waals surface area contributed by atoms with Crippen molar-refractivity contribution in [3.05, 3.63) is 289 Å². The Labute approximate surface area is 409 Å². The van der Waals surface area contributed by atoms with Crippen LogP contribution in [0.5, 0.6) is 11.5 Å². The van der Waals surface area contributed by atoms with Gasteiger partial charge in [0.2, 0.25) is 0 Å². The van der Waals surface area contributed by atoms with Gasteiger partial charge in [0.1, 0.15) is 11.5 Å². The van der Waals surface area contributed by atoms with Gasteiger partial charge < -0.3 is 9.64 Å². The Morgan fingerprint density at radius 2 is 0.786 bits per heavy atom. The zero-order valence-electron chi connectivity index (χ0n) is 38.3. The summed E-state index contributed by atoms with van der Waals surface area (Å²) in [5, 5.41) is 0. The van der Waals surface area contributed by atoms with Crippen molar-refractivity contribution >= 4 is 40.2 Å². The lowest BCUT2D eigenvalue weighted by Gasteiger charge is -2.43. The first kappa shape index (κ1) is 40.2. The van der Waals surface area contributed by atoms with Crippen LogP contribution in [0.1, 0.15) is 22.3 Å². The topological polar surface area (TPSA) is 12.5 Å². The summed E-state index contributed by atoms with van der Waals surface area (Å²) >= 11 is 0. The second kappa shape index (κ2) is 16.1. The smallest absolute Gasteiger partial charge is 0.256 e. The maximum atomic E-state index is 7.49. The number of anilines is 3. The van der Waals surface area contributed by atoms with Gasteiger partial charge in [-0.1, -0.05) is 243 Å². The van der Waals surface area contributed by atoms with E-state index < -0.39 is 5.41 Å². The fraction of sp³-hybridized carbons (Fsp3) is 0.0149. The summed E-state index contributed by atoms with van der Waals surface area (Å²) in [4.78, 5) is 2.59. The van der Waals surface area contributed by atoms with Gasteiger partial charge in [0, 0.05) is 22.5 Å². The molecule has 0 bridgehead atoms. The van der Waals surface area contributed by atoms with Crippen molar-refractivity contribution in [2.75, 3.05) is 4.90 Å². The molecule has 0 aromatic heterocycles. The molecule has 326 valence electrons. The summed E-state index contributed by atoms with van der Waals surface area (Å²) in [5.74, 6) is 1.74. The molecule has 0 amide bonds. The van der Waals surface area contributed by atoms with E-state index in [4.69, 9.17) is 4.74 Å². The summed E-state index contributed by atoms with van der Waals surface area (Å²) in [6.45, 7) is -0.152. The maximum Gasteiger partial charge on any atom is 0.256 e. The molecule has 2 aliphatic heterocycles. The van der Waals surface area contributed by atoms with Crippen LogP contribution in [0.2, 0.25) is 0 Å². The van der Waals surface area contributed by atoms with E-state index in [1.807, 2.05) is 0 Å². The minimum atomic E-state index is -0.666. The second-order valence-corrected chi connectivity index (χ2v) is 18.7. The van der Waals surface area contributed by atoms with E-state index in [0.717, 1.165) is 72.9 Å². The quantitative estimate of drug-likeness (QED) is 0.148. The molecular formula is C67H44BNO. The number of ether oxygens (including phenoxy) is 1. The van der Waals surface area contributed by atoms with Gasteiger partial charge in [0.25, 0.3) is 6.71 Å². The molecule has 2 heterocycles. The van der Waals surface area contributed by atoms with Crippen molar-refractivity contribution in [2.24, 2.45) is 0 Å². The van der Waals surface area contributed by atoms with Gasteiger partial charge in [0.05, 0.1) is 11.1 Å². The van der Waals surface area contributed by atoms with E-state index in [0.29, 0.717) is 0 Å². The van der Waals surface area contributed by atoms with Gasteiger partial charge in [-0.15, -0.1) is 0 Å². The summed E-state index contributed by atoms with van der Waals surface area (Å²) in [5.41, 5.74) is 22.9. The monoisotopic (exact) mass is 889 g/mol. The molecule has 14 rings (SSSR count). The standard InChI is InChI=1S/C67H44BNO/c1-6-21-45(22-7-1)49-37-39-61-59(41-49)68-60-42-50(46-23-8-2-9-24-46)38-40-63(60)70-64-44-52(67(51-29-14-5-15-30-51)57-35-18-16-31-55(57)56-32-17-19-36-58(56)67)43-62(65(64)68)69(61)66-53(47-25-10-3-11-26-47)33-20-34-54(66)48-27-12-4-13-28-48/h1-44H. The highest BCUT2D eigenvalue weighted by molar-refractivity contribution is 6.99. The number of hydrogen-bond acceptors (Lipinski definition) is 2. The van der Waals surface area contributed by atoms with Gasteiger partial charge in [-0.3, -0.25) is 0 Å². The van der Waals surface area contributed by atoms with Crippen molar-refractivity contribution in [2.45, 2.75) is 5.41 Å². The lowest BCUT2D eigenvalue weighted by molar-refractivity contribution is 0.486. The van der Waals surface area contributed by atoms with Crippen LogP contribution in [-0.2, 0) is 5.41 Å².